The predicted molar refractivity (Wildman–Crippen MR) is 97.5 cm³/mol. The zero-order valence-electron chi connectivity index (χ0n) is 15.0. The van der Waals surface area contributed by atoms with Crippen molar-refractivity contribution in [2.24, 2.45) is 5.92 Å². The summed E-state index contributed by atoms with van der Waals surface area (Å²) in [6, 6.07) is 8.63. The Morgan fingerprint density at radius 3 is 2.67 bits per heavy atom. The molecule has 1 unspecified atom stereocenters. The Hall–Kier alpha value is -3.42. The highest BCUT2D eigenvalue weighted by Gasteiger charge is 2.14. The van der Waals surface area contributed by atoms with Gasteiger partial charge in [-0.2, -0.15) is 5.10 Å². The number of aromatic nitrogens is 3. The fourth-order valence-electron chi connectivity index (χ4n) is 2.57. The normalized spacial score (nSPS) is 11.9. The molecule has 1 amide bonds. The predicted octanol–water partition coefficient (Wildman–Crippen LogP) is 2.74. The first-order valence-corrected chi connectivity index (χ1v) is 8.48. The highest BCUT2D eigenvalue weighted by atomic mass is 16.5. The molecule has 3 aromatic rings. The van der Waals surface area contributed by atoms with Crippen LogP contribution in [0.15, 0.2) is 47.2 Å². The molecule has 0 aliphatic rings. The number of carbonyl (C=O) groups excluding carboxylic acids is 1. The number of rotatable bonds is 7. The van der Waals surface area contributed by atoms with Crippen molar-refractivity contribution < 1.29 is 19.2 Å². The SMILES string of the molecule is Cc1cnn(Cc2cc(C(=O)Nc3ccc(CC(C)C(=O)O)cc3)no2)c1. The minimum atomic E-state index is -0.834. The Morgan fingerprint density at radius 2 is 2.04 bits per heavy atom. The molecule has 0 fully saturated rings. The van der Waals surface area contributed by atoms with Gasteiger partial charge in [-0.05, 0) is 36.6 Å². The molecule has 0 saturated heterocycles. The summed E-state index contributed by atoms with van der Waals surface area (Å²) in [7, 11) is 0. The Bertz CT molecular complexity index is 943. The lowest BCUT2D eigenvalue weighted by Crippen LogP contribution is -2.13. The maximum Gasteiger partial charge on any atom is 0.306 e. The van der Waals surface area contributed by atoms with Crippen LogP contribution in [0.4, 0.5) is 5.69 Å². The Balaban J connectivity index is 1.59. The number of hydrogen-bond acceptors (Lipinski definition) is 5. The molecule has 2 heterocycles. The van der Waals surface area contributed by atoms with Crippen molar-refractivity contribution in [1.82, 2.24) is 14.9 Å². The first-order valence-electron chi connectivity index (χ1n) is 8.48. The number of aliphatic carboxylic acids is 1. The van der Waals surface area contributed by atoms with E-state index in [1.807, 2.05) is 13.1 Å². The lowest BCUT2D eigenvalue weighted by atomic mass is 10.0. The van der Waals surface area contributed by atoms with Crippen LogP contribution in [0, 0.1) is 12.8 Å². The molecular weight excluding hydrogens is 348 g/mol. The van der Waals surface area contributed by atoms with Gasteiger partial charge in [-0.25, -0.2) is 0 Å². The molecule has 140 valence electrons. The summed E-state index contributed by atoms with van der Waals surface area (Å²) in [6.45, 7) is 3.99. The van der Waals surface area contributed by atoms with E-state index in [0.717, 1.165) is 11.1 Å². The third kappa shape index (κ3) is 4.81. The Labute approximate surface area is 155 Å². The molecule has 0 aliphatic carbocycles. The lowest BCUT2D eigenvalue weighted by Gasteiger charge is -2.07. The van der Waals surface area contributed by atoms with Gasteiger partial charge in [0.1, 0.15) is 6.54 Å². The van der Waals surface area contributed by atoms with E-state index in [1.165, 1.54) is 0 Å². The minimum Gasteiger partial charge on any atom is -0.481 e. The van der Waals surface area contributed by atoms with Crippen molar-refractivity contribution in [2.45, 2.75) is 26.8 Å². The molecule has 0 saturated carbocycles. The molecule has 2 N–H and O–H groups in total. The average Bonchev–Trinajstić information content (AvgIpc) is 3.26. The van der Waals surface area contributed by atoms with E-state index in [0.29, 0.717) is 24.4 Å². The van der Waals surface area contributed by atoms with E-state index in [-0.39, 0.29) is 11.6 Å². The number of carboxylic acids is 1. The number of benzene rings is 1. The van der Waals surface area contributed by atoms with Crippen LogP contribution in [0.1, 0.15) is 34.3 Å². The van der Waals surface area contributed by atoms with Gasteiger partial charge in [0, 0.05) is 18.0 Å². The molecule has 27 heavy (non-hydrogen) atoms. The van der Waals surface area contributed by atoms with Gasteiger partial charge in [0.25, 0.3) is 5.91 Å². The Morgan fingerprint density at radius 1 is 1.30 bits per heavy atom. The molecule has 8 nitrogen and oxygen atoms in total. The first kappa shape index (κ1) is 18.4. The van der Waals surface area contributed by atoms with Gasteiger partial charge in [-0.1, -0.05) is 24.2 Å². The van der Waals surface area contributed by atoms with Gasteiger partial charge in [-0.3, -0.25) is 14.3 Å². The van der Waals surface area contributed by atoms with E-state index in [4.69, 9.17) is 9.63 Å². The smallest absolute Gasteiger partial charge is 0.306 e. The van der Waals surface area contributed by atoms with Gasteiger partial charge in [0.2, 0.25) is 0 Å². The van der Waals surface area contributed by atoms with Gasteiger partial charge < -0.3 is 14.9 Å². The second kappa shape index (κ2) is 7.86. The van der Waals surface area contributed by atoms with Crippen LogP contribution in [0.2, 0.25) is 0 Å². The van der Waals surface area contributed by atoms with Gasteiger partial charge in [0.05, 0.1) is 12.1 Å². The average molecular weight is 368 g/mol. The fourth-order valence-corrected chi connectivity index (χ4v) is 2.57. The maximum atomic E-state index is 12.3. The zero-order chi connectivity index (χ0) is 19.4. The van der Waals surface area contributed by atoms with Crippen LogP contribution in [-0.4, -0.2) is 31.9 Å². The van der Waals surface area contributed by atoms with E-state index in [9.17, 15) is 9.59 Å². The number of carboxylic acid groups (broad SMARTS) is 1. The fraction of sp³-hybridized carbons (Fsp3) is 0.263. The number of nitrogens with one attached hydrogen (secondary N) is 1. The Kier molecular flexibility index (Phi) is 5.35. The second-order valence-electron chi connectivity index (χ2n) is 6.49. The van der Waals surface area contributed by atoms with E-state index < -0.39 is 11.9 Å². The summed E-state index contributed by atoms with van der Waals surface area (Å²) < 4.78 is 6.90. The van der Waals surface area contributed by atoms with Crippen LogP contribution >= 0.6 is 0 Å². The molecule has 0 bridgehead atoms. The maximum absolute atomic E-state index is 12.3. The van der Waals surface area contributed by atoms with E-state index in [1.54, 1.807) is 48.1 Å². The summed E-state index contributed by atoms with van der Waals surface area (Å²) in [6.07, 6.45) is 4.04. The molecule has 0 aliphatic heterocycles. The van der Waals surface area contributed by atoms with Gasteiger partial charge in [-0.15, -0.1) is 0 Å². The van der Waals surface area contributed by atoms with Crippen molar-refractivity contribution in [2.75, 3.05) is 5.32 Å². The topological polar surface area (TPSA) is 110 Å². The van der Waals surface area contributed by atoms with Crippen LogP contribution < -0.4 is 5.32 Å². The number of anilines is 1. The lowest BCUT2D eigenvalue weighted by molar-refractivity contribution is -0.141. The molecular formula is C19H20N4O4. The van der Waals surface area contributed by atoms with Gasteiger partial charge >= 0.3 is 5.97 Å². The number of nitrogens with zero attached hydrogens (tertiary/aromatic N) is 3. The number of hydrogen-bond donors (Lipinski definition) is 2. The second-order valence-corrected chi connectivity index (χ2v) is 6.49. The zero-order valence-corrected chi connectivity index (χ0v) is 15.0. The van der Waals surface area contributed by atoms with Crippen LogP contribution in [-0.2, 0) is 17.8 Å². The summed E-state index contributed by atoms with van der Waals surface area (Å²) in [5, 5.41) is 19.7. The quantitative estimate of drug-likeness (QED) is 0.663. The van der Waals surface area contributed by atoms with Crippen LogP contribution in [0.5, 0.6) is 0 Å². The monoisotopic (exact) mass is 368 g/mol. The highest BCUT2D eigenvalue weighted by Crippen LogP contribution is 2.15. The number of aryl methyl sites for hydroxylation is 1. The standard InChI is InChI=1S/C19H20N4O4/c1-12-9-20-23(10-12)11-16-8-17(22-27-16)18(24)21-15-5-3-14(4-6-15)7-13(2)19(25)26/h3-6,8-10,13H,7,11H2,1-2H3,(H,21,24)(H,25,26). The van der Waals surface area contributed by atoms with E-state index >= 15 is 0 Å². The summed E-state index contributed by atoms with van der Waals surface area (Å²) >= 11 is 0. The third-order valence-corrected chi connectivity index (χ3v) is 4.05. The van der Waals surface area contributed by atoms with Crippen molar-refractivity contribution in [3.63, 3.8) is 0 Å². The molecule has 2 aromatic heterocycles. The van der Waals surface area contributed by atoms with Crippen molar-refractivity contribution in [3.05, 3.63) is 65.3 Å². The molecule has 8 heteroatoms. The van der Waals surface area contributed by atoms with Crippen molar-refractivity contribution in [1.29, 1.82) is 0 Å². The van der Waals surface area contributed by atoms with Crippen molar-refractivity contribution in [3.8, 4) is 0 Å². The first-order chi connectivity index (χ1) is 12.9. The van der Waals surface area contributed by atoms with Crippen molar-refractivity contribution >= 4 is 17.6 Å². The summed E-state index contributed by atoms with van der Waals surface area (Å²) in [5.41, 5.74) is 2.70. The largest absolute Gasteiger partial charge is 0.481 e. The van der Waals surface area contributed by atoms with Crippen LogP contribution in [0.25, 0.3) is 0 Å². The molecule has 0 spiro atoms. The third-order valence-electron chi connectivity index (χ3n) is 4.05. The minimum absolute atomic E-state index is 0.178. The number of carbonyl (C=O) groups is 2. The van der Waals surface area contributed by atoms with Gasteiger partial charge in [0.15, 0.2) is 11.5 Å². The summed E-state index contributed by atoms with van der Waals surface area (Å²) in [5.74, 6) is -1.15. The molecule has 3 rings (SSSR count). The molecule has 1 aromatic carbocycles. The number of amides is 1. The van der Waals surface area contributed by atoms with Crippen LogP contribution in [0.3, 0.4) is 0 Å². The summed E-state index contributed by atoms with van der Waals surface area (Å²) in [4.78, 5) is 23.2. The molecule has 1 atom stereocenters. The highest BCUT2D eigenvalue weighted by molar-refractivity contribution is 6.02. The van der Waals surface area contributed by atoms with E-state index in [2.05, 4.69) is 15.6 Å². The molecule has 0 radical (unpaired) electrons.